The molecule has 0 aliphatic carbocycles. The number of halogens is 1. The molecule has 166 valence electrons. The van der Waals surface area contributed by atoms with Crippen molar-refractivity contribution in [3.05, 3.63) is 41.8 Å². The second kappa shape index (κ2) is 11.7. The Morgan fingerprint density at radius 1 is 1.27 bits per heavy atom. The van der Waals surface area contributed by atoms with Crippen LogP contribution in [0.5, 0.6) is 5.75 Å². The number of guanidine groups is 1. The third-order valence-corrected chi connectivity index (χ3v) is 7.51. The van der Waals surface area contributed by atoms with E-state index in [1.807, 2.05) is 18.2 Å². The Morgan fingerprint density at radius 2 is 2.07 bits per heavy atom. The summed E-state index contributed by atoms with van der Waals surface area (Å²) >= 11 is 1.20. The van der Waals surface area contributed by atoms with Gasteiger partial charge in [-0.15, -0.1) is 35.3 Å². The van der Waals surface area contributed by atoms with Gasteiger partial charge in [0, 0.05) is 39.3 Å². The van der Waals surface area contributed by atoms with E-state index >= 15 is 0 Å². The highest BCUT2D eigenvalue weighted by atomic mass is 127. The zero-order valence-electron chi connectivity index (χ0n) is 17.0. The first-order valence-electron chi connectivity index (χ1n) is 9.42. The summed E-state index contributed by atoms with van der Waals surface area (Å²) < 4.78 is 32.6. The molecule has 1 aliphatic rings. The molecule has 0 spiro atoms. The van der Waals surface area contributed by atoms with E-state index in [-0.39, 0.29) is 36.6 Å². The Balaban J connectivity index is 0.00000320. The fourth-order valence-electron chi connectivity index (χ4n) is 3.23. The lowest BCUT2D eigenvalue weighted by Crippen LogP contribution is -2.46. The number of para-hydroxylation sites is 2. The molecule has 1 aromatic heterocycles. The van der Waals surface area contributed by atoms with Gasteiger partial charge >= 0.3 is 0 Å². The second-order valence-corrected chi connectivity index (χ2v) is 9.52. The van der Waals surface area contributed by atoms with Crippen LogP contribution in [-0.2, 0) is 10.0 Å². The first-order chi connectivity index (χ1) is 14.0. The van der Waals surface area contributed by atoms with E-state index in [4.69, 9.17) is 4.74 Å². The van der Waals surface area contributed by atoms with Crippen molar-refractivity contribution in [2.45, 2.75) is 16.7 Å². The van der Waals surface area contributed by atoms with Crippen molar-refractivity contribution < 1.29 is 13.2 Å². The maximum absolute atomic E-state index is 12.1. The number of nitrogens with zero attached hydrogens (tertiary/aromatic N) is 2. The molecule has 11 heteroatoms. The monoisotopic (exact) mass is 565 g/mol. The summed E-state index contributed by atoms with van der Waals surface area (Å²) in [6.45, 7) is 2.48. The zero-order valence-corrected chi connectivity index (χ0v) is 21.0. The van der Waals surface area contributed by atoms with Gasteiger partial charge in [0.15, 0.2) is 5.96 Å². The molecule has 1 atom stereocenters. The molecule has 8 nitrogen and oxygen atoms in total. The van der Waals surface area contributed by atoms with Gasteiger partial charge in [-0.25, -0.2) is 13.1 Å². The molecule has 0 saturated carbocycles. The summed E-state index contributed by atoms with van der Waals surface area (Å²) in [6, 6.07) is 11.6. The highest BCUT2D eigenvalue weighted by molar-refractivity contribution is 14.0. The van der Waals surface area contributed by atoms with Crippen molar-refractivity contribution in [3.8, 4) is 5.75 Å². The van der Waals surface area contributed by atoms with Gasteiger partial charge in [0.25, 0.3) is 0 Å². The molecule has 30 heavy (non-hydrogen) atoms. The van der Waals surface area contributed by atoms with Gasteiger partial charge in [0.2, 0.25) is 10.0 Å². The molecule has 1 fully saturated rings. The number of hydrogen-bond acceptors (Lipinski definition) is 6. The third-order valence-electron chi connectivity index (χ3n) is 4.65. The molecule has 0 amide bonds. The zero-order chi connectivity index (χ0) is 20.7. The van der Waals surface area contributed by atoms with Gasteiger partial charge in [-0.1, -0.05) is 18.2 Å². The normalized spacial score (nSPS) is 16.8. The minimum Gasteiger partial charge on any atom is -0.495 e. The van der Waals surface area contributed by atoms with Gasteiger partial charge in [0.1, 0.15) is 9.96 Å². The fraction of sp³-hybridized carbons (Fsp3) is 0.421. The van der Waals surface area contributed by atoms with Crippen LogP contribution in [0.2, 0.25) is 0 Å². The van der Waals surface area contributed by atoms with E-state index in [1.165, 1.54) is 11.3 Å². The van der Waals surface area contributed by atoms with Crippen LogP contribution in [0.1, 0.15) is 6.42 Å². The predicted octanol–water partition coefficient (Wildman–Crippen LogP) is 2.10. The van der Waals surface area contributed by atoms with Crippen LogP contribution in [0, 0.1) is 0 Å². The van der Waals surface area contributed by atoms with Gasteiger partial charge in [-0.3, -0.25) is 4.99 Å². The summed E-state index contributed by atoms with van der Waals surface area (Å²) in [5.74, 6) is 1.53. The van der Waals surface area contributed by atoms with Crippen molar-refractivity contribution in [1.82, 2.24) is 15.4 Å². The van der Waals surface area contributed by atoms with Crippen molar-refractivity contribution in [3.63, 3.8) is 0 Å². The molecule has 1 unspecified atom stereocenters. The first-order valence-corrected chi connectivity index (χ1v) is 11.8. The van der Waals surface area contributed by atoms with E-state index in [1.54, 1.807) is 31.7 Å². The number of hydrogen-bond donors (Lipinski definition) is 3. The standard InChI is InChI=1S/C19H27N5O3S2.HI/c1-20-19(21-10-11-22-29(25,26)18-8-5-13-28-18)23-15-9-12-24(14-15)16-6-3-4-7-17(16)27-2;/h3-8,13,15,22H,9-12,14H2,1-2H3,(H2,20,21,23);1H. The molecular formula is C19H28IN5O3S2. The van der Waals surface area contributed by atoms with Crippen LogP contribution in [0.3, 0.4) is 0 Å². The number of thiophene rings is 1. The average Bonchev–Trinajstić information content (AvgIpc) is 3.42. The lowest BCUT2D eigenvalue weighted by molar-refractivity contribution is 0.415. The highest BCUT2D eigenvalue weighted by Crippen LogP contribution is 2.30. The van der Waals surface area contributed by atoms with Crippen molar-refractivity contribution in [2.24, 2.45) is 4.99 Å². The van der Waals surface area contributed by atoms with E-state index in [9.17, 15) is 8.42 Å². The van der Waals surface area contributed by atoms with Crippen LogP contribution in [0.15, 0.2) is 51.0 Å². The largest absolute Gasteiger partial charge is 0.495 e. The molecule has 0 bridgehead atoms. The molecule has 3 rings (SSSR count). The SMILES string of the molecule is CN=C(NCCNS(=O)(=O)c1cccs1)NC1CCN(c2ccccc2OC)C1.I. The number of sulfonamides is 1. The highest BCUT2D eigenvalue weighted by Gasteiger charge is 2.25. The number of aliphatic imine (C=N–C) groups is 1. The van der Waals surface area contributed by atoms with Gasteiger partial charge in [-0.2, -0.15) is 0 Å². The Kier molecular flexibility index (Phi) is 9.65. The first kappa shape index (κ1) is 24.7. The molecular weight excluding hydrogens is 537 g/mol. The van der Waals surface area contributed by atoms with Crippen LogP contribution >= 0.6 is 35.3 Å². The van der Waals surface area contributed by atoms with Crippen molar-refractivity contribution in [1.29, 1.82) is 0 Å². The Hall–Kier alpha value is -1.57. The topological polar surface area (TPSA) is 95.1 Å². The molecule has 2 aromatic rings. The maximum Gasteiger partial charge on any atom is 0.250 e. The summed E-state index contributed by atoms with van der Waals surface area (Å²) in [5.41, 5.74) is 1.09. The number of nitrogens with one attached hydrogen (secondary N) is 3. The van der Waals surface area contributed by atoms with Crippen molar-refractivity contribution in [2.75, 3.05) is 45.2 Å². The number of benzene rings is 1. The Labute approximate surface area is 199 Å². The van der Waals surface area contributed by atoms with E-state index in [2.05, 4.69) is 31.3 Å². The number of ether oxygens (including phenoxy) is 1. The lowest BCUT2D eigenvalue weighted by atomic mass is 10.2. The van der Waals surface area contributed by atoms with Crippen LogP contribution in [-0.4, -0.2) is 60.8 Å². The summed E-state index contributed by atoms with van der Waals surface area (Å²) in [5, 5.41) is 8.32. The quantitative estimate of drug-likeness (QED) is 0.197. The molecule has 0 radical (unpaired) electrons. The fourth-order valence-corrected chi connectivity index (χ4v) is 5.30. The third kappa shape index (κ3) is 6.46. The molecule has 1 aromatic carbocycles. The minimum absolute atomic E-state index is 0. The van der Waals surface area contributed by atoms with Crippen LogP contribution < -0.4 is 25.0 Å². The number of rotatable bonds is 8. The van der Waals surface area contributed by atoms with Crippen LogP contribution in [0.25, 0.3) is 0 Å². The maximum atomic E-state index is 12.1. The minimum atomic E-state index is -3.44. The van der Waals surface area contributed by atoms with E-state index in [0.29, 0.717) is 16.7 Å². The number of anilines is 1. The summed E-state index contributed by atoms with van der Waals surface area (Å²) in [6.07, 6.45) is 0.976. The van der Waals surface area contributed by atoms with Gasteiger partial charge in [-0.05, 0) is 30.0 Å². The average molecular weight is 566 g/mol. The molecule has 3 N–H and O–H groups in total. The van der Waals surface area contributed by atoms with Gasteiger partial charge < -0.3 is 20.3 Å². The summed E-state index contributed by atoms with van der Waals surface area (Å²) in [4.78, 5) is 6.53. The second-order valence-electron chi connectivity index (χ2n) is 6.58. The molecule has 1 saturated heterocycles. The molecule has 2 heterocycles. The summed E-state index contributed by atoms with van der Waals surface area (Å²) in [7, 11) is -0.0488. The Bertz CT molecular complexity index is 922. The molecule has 1 aliphatic heterocycles. The lowest BCUT2D eigenvalue weighted by Gasteiger charge is -2.22. The van der Waals surface area contributed by atoms with E-state index in [0.717, 1.165) is 30.9 Å². The van der Waals surface area contributed by atoms with Gasteiger partial charge in [0.05, 0.1) is 12.8 Å². The van der Waals surface area contributed by atoms with E-state index < -0.39 is 10.0 Å². The van der Waals surface area contributed by atoms with Crippen LogP contribution in [0.4, 0.5) is 5.69 Å². The Morgan fingerprint density at radius 3 is 2.77 bits per heavy atom. The number of methoxy groups -OCH3 is 1. The predicted molar refractivity (Wildman–Crippen MR) is 133 cm³/mol. The smallest absolute Gasteiger partial charge is 0.250 e. The van der Waals surface area contributed by atoms with Crippen molar-refractivity contribution >= 4 is 57.0 Å².